The van der Waals surface area contributed by atoms with Gasteiger partial charge in [-0.25, -0.2) is 4.98 Å². The van der Waals surface area contributed by atoms with E-state index in [1.54, 1.807) is 6.20 Å². The molecular formula is C50H34N2O. The average Bonchev–Trinajstić information content (AvgIpc) is 3.68. The minimum Gasteiger partial charge on any atom is -0.436 e. The molecule has 1 aliphatic rings. The number of aryl methyl sites for hydroxylation is 1. The van der Waals surface area contributed by atoms with Gasteiger partial charge in [0.05, 0.1) is 0 Å². The molecule has 3 heteroatoms. The van der Waals surface area contributed by atoms with Crippen molar-refractivity contribution < 1.29 is 4.42 Å². The van der Waals surface area contributed by atoms with E-state index < -0.39 is 0 Å². The van der Waals surface area contributed by atoms with Gasteiger partial charge in [0.15, 0.2) is 5.58 Å². The van der Waals surface area contributed by atoms with Gasteiger partial charge in [-0.3, -0.25) is 4.98 Å². The van der Waals surface area contributed by atoms with Crippen LogP contribution in [-0.4, -0.2) is 9.97 Å². The highest BCUT2D eigenvalue weighted by Crippen LogP contribution is 2.38. The Bertz CT molecular complexity index is 2790. The Labute approximate surface area is 308 Å². The molecule has 0 fully saturated rings. The van der Waals surface area contributed by atoms with E-state index in [1.165, 1.54) is 44.2 Å². The first-order valence-corrected chi connectivity index (χ1v) is 18.2. The van der Waals surface area contributed by atoms with E-state index in [4.69, 9.17) is 9.40 Å². The number of benzene rings is 7. The van der Waals surface area contributed by atoms with Gasteiger partial charge in [0.25, 0.3) is 0 Å². The first-order chi connectivity index (χ1) is 26.2. The van der Waals surface area contributed by atoms with E-state index in [2.05, 4.69) is 169 Å². The lowest BCUT2D eigenvalue weighted by Crippen LogP contribution is -1.94. The zero-order valence-corrected chi connectivity index (χ0v) is 29.0. The first-order valence-electron chi connectivity index (χ1n) is 18.2. The van der Waals surface area contributed by atoms with E-state index in [-0.39, 0.29) is 0 Å². The molecule has 0 saturated heterocycles. The molecule has 0 amide bonds. The van der Waals surface area contributed by atoms with Crippen LogP contribution in [0.3, 0.4) is 0 Å². The molecule has 250 valence electrons. The molecule has 10 rings (SSSR count). The molecule has 0 unspecified atom stereocenters. The fourth-order valence-electron chi connectivity index (χ4n) is 7.56. The second-order valence-corrected chi connectivity index (χ2v) is 13.8. The molecule has 53 heavy (non-hydrogen) atoms. The minimum absolute atomic E-state index is 0.600. The van der Waals surface area contributed by atoms with E-state index in [0.29, 0.717) is 5.89 Å². The van der Waals surface area contributed by atoms with Crippen molar-refractivity contribution in [2.24, 2.45) is 0 Å². The third kappa shape index (κ3) is 5.92. The van der Waals surface area contributed by atoms with Crippen LogP contribution in [0.5, 0.6) is 0 Å². The van der Waals surface area contributed by atoms with E-state index in [9.17, 15) is 0 Å². The summed E-state index contributed by atoms with van der Waals surface area (Å²) in [6, 6.07) is 56.4. The summed E-state index contributed by atoms with van der Waals surface area (Å²) in [4.78, 5) is 9.40. The Balaban J connectivity index is 1.04. The van der Waals surface area contributed by atoms with Crippen molar-refractivity contribution >= 4 is 27.9 Å². The number of aromatic nitrogens is 2. The maximum absolute atomic E-state index is 6.57. The lowest BCUT2D eigenvalue weighted by molar-refractivity contribution is 0.620. The minimum atomic E-state index is 0.600. The summed E-state index contributed by atoms with van der Waals surface area (Å²) in [7, 11) is 0. The number of rotatable bonds is 6. The Kier molecular flexibility index (Phi) is 7.62. The van der Waals surface area contributed by atoms with Crippen LogP contribution in [0.2, 0.25) is 0 Å². The Morgan fingerprint density at radius 3 is 1.87 bits per heavy atom. The molecule has 0 N–H and O–H groups in total. The van der Waals surface area contributed by atoms with Crippen LogP contribution in [0.25, 0.3) is 95.0 Å². The zero-order valence-electron chi connectivity index (χ0n) is 29.0. The normalized spacial score (nSPS) is 12.3. The number of hydrogen-bond donors (Lipinski definition) is 0. The van der Waals surface area contributed by atoms with Gasteiger partial charge in [0.2, 0.25) is 5.89 Å². The summed E-state index contributed by atoms with van der Waals surface area (Å²) >= 11 is 0. The van der Waals surface area contributed by atoms with Crippen LogP contribution in [-0.2, 0) is 6.42 Å². The fraction of sp³-hybridized carbons (Fsp3) is 0.0400. The number of pyridine rings is 1. The van der Waals surface area contributed by atoms with Crippen molar-refractivity contribution in [3.8, 4) is 67.1 Å². The van der Waals surface area contributed by atoms with E-state index in [1.807, 2.05) is 12.3 Å². The van der Waals surface area contributed by atoms with Crippen LogP contribution in [0.4, 0.5) is 0 Å². The van der Waals surface area contributed by atoms with E-state index >= 15 is 0 Å². The molecule has 9 aromatic rings. The third-order valence-electron chi connectivity index (χ3n) is 10.5. The van der Waals surface area contributed by atoms with E-state index in [0.717, 1.165) is 62.9 Å². The van der Waals surface area contributed by atoms with Crippen molar-refractivity contribution in [2.75, 3.05) is 0 Å². The predicted octanol–water partition coefficient (Wildman–Crippen LogP) is 13.3. The maximum atomic E-state index is 6.57. The molecule has 7 aromatic carbocycles. The average molecular weight is 679 g/mol. The fourth-order valence-corrected chi connectivity index (χ4v) is 7.56. The number of allylic oxidation sites excluding steroid dienone is 1. The molecule has 0 atom stereocenters. The second-order valence-electron chi connectivity index (χ2n) is 13.8. The van der Waals surface area contributed by atoms with Gasteiger partial charge in [0.1, 0.15) is 5.52 Å². The topological polar surface area (TPSA) is 38.9 Å². The molecule has 1 aliphatic carbocycles. The Hall–Kier alpha value is -6.84. The van der Waals surface area contributed by atoms with Gasteiger partial charge in [0, 0.05) is 23.5 Å². The van der Waals surface area contributed by atoms with Gasteiger partial charge in [-0.05, 0) is 121 Å². The van der Waals surface area contributed by atoms with Gasteiger partial charge < -0.3 is 4.42 Å². The monoisotopic (exact) mass is 678 g/mol. The molecule has 0 bridgehead atoms. The lowest BCUT2D eigenvalue weighted by Gasteiger charge is -2.13. The predicted molar refractivity (Wildman–Crippen MR) is 219 cm³/mol. The van der Waals surface area contributed by atoms with Crippen LogP contribution in [0.1, 0.15) is 17.5 Å². The zero-order chi connectivity index (χ0) is 35.1. The Morgan fingerprint density at radius 1 is 0.472 bits per heavy atom. The molecule has 2 aromatic heterocycles. The second kappa shape index (κ2) is 13.0. The lowest BCUT2D eigenvalue weighted by atomic mass is 9.92. The number of oxazole rings is 1. The molecule has 2 heterocycles. The third-order valence-corrected chi connectivity index (χ3v) is 10.5. The maximum Gasteiger partial charge on any atom is 0.227 e. The van der Waals surface area contributed by atoms with Crippen molar-refractivity contribution in [1.29, 1.82) is 0 Å². The molecule has 0 saturated carbocycles. The van der Waals surface area contributed by atoms with Crippen LogP contribution < -0.4 is 0 Å². The van der Waals surface area contributed by atoms with Gasteiger partial charge in [-0.1, -0.05) is 133 Å². The summed E-state index contributed by atoms with van der Waals surface area (Å²) in [5.41, 5.74) is 16.6. The summed E-state index contributed by atoms with van der Waals surface area (Å²) in [5, 5.41) is 2.49. The molecule has 0 spiro atoms. The SMILES string of the molecule is C1=Cc2ccc(-c3ccc(-c4cc(-c5ccc(-c6ccc7ccccc7c6)cc5)cc5oc(-c6ccc(-c7cccnc7)cc6)nc45)cc3)cc2CC1. The molecule has 3 nitrogen and oxygen atoms in total. The van der Waals surface area contributed by atoms with Gasteiger partial charge in [-0.2, -0.15) is 0 Å². The summed E-state index contributed by atoms with van der Waals surface area (Å²) < 4.78 is 6.57. The first kappa shape index (κ1) is 30.9. The highest BCUT2D eigenvalue weighted by Gasteiger charge is 2.17. The number of fused-ring (bicyclic) bond motifs is 3. The summed E-state index contributed by atoms with van der Waals surface area (Å²) in [6.45, 7) is 0. The quantitative estimate of drug-likeness (QED) is 0.176. The van der Waals surface area contributed by atoms with Crippen molar-refractivity contribution in [3.05, 3.63) is 187 Å². The highest BCUT2D eigenvalue weighted by atomic mass is 16.3. The smallest absolute Gasteiger partial charge is 0.227 e. The van der Waals surface area contributed by atoms with Crippen molar-refractivity contribution in [2.45, 2.75) is 12.8 Å². The highest BCUT2D eigenvalue weighted by molar-refractivity contribution is 5.97. The van der Waals surface area contributed by atoms with Crippen molar-refractivity contribution in [1.82, 2.24) is 9.97 Å². The number of nitrogens with zero attached hydrogens (tertiary/aromatic N) is 2. The largest absolute Gasteiger partial charge is 0.436 e. The van der Waals surface area contributed by atoms with Gasteiger partial charge in [-0.15, -0.1) is 0 Å². The van der Waals surface area contributed by atoms with Crippen molar-refractivity contribution in [3.63, 3.8) is 0 Å². The standard InChI is InChI=1S/C50H34N2O/c1-3-8-41-28-43(25-19-33(41)6-1)35-11-13-38(14-12-35)46-30-47(39-21-15-36(16-22-39)44-26-20-34-7-2-4-9-42(34)29-44)49-48(31-46)53-50(52-49)40-23-17-37(18-24-40)45-10-5-27-51-32-45/h1-3,5-8,10-32H,4,9H2. The van der Waals surface area contributed by atoms with Crippen LogP contribution in [0, 0.1) is 0 Å². The van der Waals surface area contributed by atoms with Gasteiger partial charge >= 0.3 is 0 Å². The molecule has 0 radical (unpaired) electrons. The van der Waals surface area contributed by atoms with Crippen LogP contribution in [0.15, 0.2) is 181 Å². The number of hydrogen-bond acceptors (Lipinski definition) is 3. The molecule has 0 aliphatic heterocycles. The Morgan fingerprint density at radius 2 is 1.11 bits per heavy atom. The summed E-state index contributed by atoms with van der Waals surface area (Å²) in [6.07, 6.45) is 10.4. The molecular weight excluding hydrogens is 645 g/mol. The summed E-state index contributed by atoms with van der Waals surface area (Å²) in [5.74, 6) is 0.600. The van der Waals surface area contributed by atoms with Crippen LogP contribution >= 0.6 is 0 Å².